The number of aldehydes is 1. The fourth-order valence-corrected chi connectivity index (χ4v) is 0. The second-order valence-corrected chi connectivity index (χ2v) is 0.813. The van der Waals surface area contributed by atoms with E-state index in [1.54, 1.807) is 0 Å². The molecule has 0 aliphatic heterocycles. The van der Waals surface area contributed by atoms with Crippen LogP contribution in [0.5, 0.6) is 0 Å². The summed E-state index contributed by atoms with van der Waals surface area (Å²) in [6, 6.07) is 0. The Morgan fingerprint density at radius 2 is 1.57 bits per heavy atom. The number of hydrogen-bond acceptors (Lipinski definition) is 3. The summed E-state index contributed by atoms with van der Waals surface area (Å²) in [7, 11) is 0. The zero-order chi connectivity index (χ0) is 6.12. The summed E-state index contributed by atoms with van der Waals surface area (Å²) >= 11 is 0. The lowest BCUT2D eigenvalue weighted by atomic mass is 10.7. The average Bonchev–Trinajstić information content (AvgIpc) is 1.69. The fourth-order valence-electron chi connectivity index (χ4n) is 0. The highest BCUT2D eigenvalue weighted by atomic mass is 16.1. The Hall–Kier alpha value is -0.410. The molecule has 0 aromatic heterocycles. The SMILES string of the molecule is CC=O.NCCN. The van der Waals surface area contributed by atoms with E-state index in [2.05, 4.69) is 0 Å². The fraction of sp³-hybridized carbons (Fsp3) is 0.750. The maximum Gasteiger partial charge on any atom is 0.116 e. The van der Waals surface area contributed by atoms with Gasteiger partial charge in [0, 0.05) is 13.1 Å². The molecule has 0 unspecified atom stereocenters. The van der Waals surface area contributed by atoms with E-state index >= 15 is 0 Å². The van der Waals surface area contributed by atoms with Crippen molar-refractivity contribution in [3.05, 3.63) is 0 Å². The Morgan fingerprint density at radius 1 is 1.43 bits per heavy atom. The molecule has 3 nitrogen and oxygen atoms in total. The standard InChI is InChI=1S/C2H8N2.C2H4O/c3-1-2-4;1-2-3/h1-4H2;2H,1H3. The lowest BCUT2D eigenvalue weighted by molar-refractivity contribution is -0.106. The third-order valence-corrected chi connectivity index (χ3v) is 0.167. The van der Waals surface area contributed by atoms with Gasteiger partial charge in [-0.15, -0.1) is 0 Å². The molecule has 0 fully saturated rings. The van der Waals surface area contributed by atoms with Gasteiger partial charge >= 0.3 is 0 Å². The Morgan fingerprint density at radius 3 is 1.57 bits per heavy atom. The summed E-state index contributed by atoms with van der Waals surface area (Å²) in [5.74, 6) is 0. The number of hydrogen-bond donors (Lipinski definition) is 2. The third kappa shape index (κ3) is 207. The molecule has 0 aromatic rings. The van der Waals surface area contributed by atoms with E-state index in [0.717, 1.165) is 6.29 Å². The van der Waals surface area contributed by atoms with Crippen molar-refractivity contribution in [3.8, 4) is 0 Å². The second kappa shape index (κ2) is 17.6. The van der Waals surface area contributed by atoms with Crippen molar-refractivity contribution in [3.63, 3.8) is 0 Å². The maximum atomic E-state index is 8.81. The van der Waals surface area contributed by atoms with E-state index in [0.29, 0.717) is 13.1 Å². The summed E-state index contributed by atoms with van der Waals surface area (Å²) in [4.78, 5) is 8.81. The third-order valence-electron chi connectivity index (χ3n) is 0.167. The molecule has 0 rings (SSSR count). The minimum absolute atomic E-state index is 0.597. The van der Waals surface area contributed by atoms with Crippen molar-refractivity contribution in [1.82, 2.24) is 0 Å². The molecule has 0 saturated heterocycles. The first-order valence-corrected chi connectivity index (χ1v) is 2.13. The molecule has 3 heteroatoms. The van der Waals surface area contributed by atoms with Gasteiger partial charge in [-0.25, -0.2) is 0 Å². The molecule has 0 spiro atoms. The number of carbonyl (C=O) groups is 1. The highest BCUT2D eigenvalue weighted by Crippen LogP contribution is 1.24. The number of nitrogens with two attached hydrogens (primary N) is 2. The van der Waals surface area contributed by atoms with Crippen molar-refractivity contribution in [2.24, 2.45) is 11.5 Å². The van der Waals surface area contributed by atoms with Crippen LogP contribution in [-0.2, 0) is 4.79 Å². The summed E-state index contributed by atoms with van der Waals surface area (Å²) in [5, 5.41) is 0. The van der Waals surface area contributed by atoms with E-state index in [1.165, 1.54) is 6.92 Å². The maximum absolute atomic E-state index is 8.81. The van der Waals surface area contributed by atoms with Gasteiger partial charge in [-0.05, 0) is 6.92 Å². The Kier molecular flexibility index (Phi) is 24.5. The first-order chi connectivity index (χ1) is 3.33. The van der Waals surface area contributed by atoms with Crippen LogP contribution in [0, 0.1) is 0 Å². The molecule has 0 bridgehead atoms. The molecule has 44 valence electrons. The van der Waals surface area contributed by atoms with Gasteiger partial charge in [0.25, 0.3) is 0 Å². The molecule has 0 atom stereocenters. The van der Waals surface area contributed by atoms with Gasteiger partial charge in [-0.3, -0.25) is 0 Å². The van der Waals surface area contributed by atoms with E-state index in [-0.39, 0.29) is 0 Å². The minimum Gasteiger partial charge on any atom is -0.329 e. The summed E-state index contributed by atoms with van der Waals surface area (Å²) in [5.41, 5.74) is 9.81. The first-order valence-electron chi connectivity index (χ1n) is 2.13. The summed E-state index contributed by atoms with van der Waals surface area (Å²) < 4.78 is 0. The van der Waals surface area contributed by atoms with Crippen molar-refractivity contribution in [2.75, 3.05) is 13.1 Å². The molecule has 7 heavy (non-hydrogen) atoms. The van der Waals surface area contributed by atoms with Crippen molar-refractivity contribution < 1.29 is 4.79 Å². The molecular formula is C4H12N2O. The van der Waals surface area contributed by atoms with Crippen LogP contribution >= 0.6 is 0 Å². The molecule has 0 aromatic carbocycles. The Bertz CT molecular complexity index is 28.9. The zero-order valence-corrected chi connectivity index (χ0v) is 4.55. The molecule has 0 radical (unpaired) electrons. The van der Waals surface area contributed by atoms with Crippen LogP contribution in [0.25, 0.3) is 0 Å². The van der Waals surface area contributed by atoms with Crippen LogP contribution in [0.4, 0.5) is 0 Å². The Labute approximate surface area is 43.7 Å². The van der Waals surface area contributed by atoms with Gasteiger partial charge in [0.2, 0.25) is 0 Å². The van der Waals surface area contributed by atoms with Crippen molar-refractivity contribution in [1.29, 1.82) is 0 Å². The largest absolute Gasteiger partial charge is 0.329 e. The smallest absolute Gasteiger partial charge is 0.116 e. The van der Waals surface area contributed by atoms with Gasteiger partial charge in [0.15, 0.2) is 0 Å². The van der Waals surface area contributed by atoms with Crippen LogP contribution in [0.1, 0.15) is 6.92 Å². The number of carbonyl (C=O) groups excluding carboxylic acids is 1. The predicted octanol–water partition coefficient (Wildman–Crippen LogP) is -0.891. The van der Waals surface area contributed by atoms with E-state index in [1.807, 2.05) is 0 Å². The minimum atomic E-state index is 0.597. The quantitative estimate of drug-likeness (QED) is 0.424. The average molecular weight is 104 g/mol. The highest BCUT2D eigenvalue weighted by Gasteiger charge is 1.54. The van der Waals surface area contributed by atoms with Crippen LogP contribution in [0.3, 0.4) is 0 Å². The van der Waals surface area contributed by atoms with Gasteiger partial charge in [-0.2, -0.15) is 0 Å². The van der Waals surface area contributed by atoms with Gasteiger partial charge < -0.3 is 16.3 Å². The zero-order valence-electron chi connectivity index (χ0n) is 4.55. The summed E-state index contributed by atoms with van der Waals surface area (Å²) in [6.45, 7) is 2.64. The van der Waals surface area contributed by atoms with E-state index in [9.17, 15) is 0 Å². The monoisotopic (exact) mass is 104 g/mol. The molecule has 0 heterocycles. The van der Waals surface area contributed by atoms with Crippen molar-refractivity contribution in [2.45, 2.75) is 6.92 Å². The van der Waals surface area contributed by atoms with E-state index < -0.39 is 0 Å². The molecular weight excluding hydrogens is 92.1 g/mol. The lowest BCUT2D eigenvalue weighted by Gasteiger charge is -1.72. The van der Waals surface area contributed by atoms with Crippen molar-refractivity contribution >= 4 is 6.29 Å². The van der Waals surface area contributed by atoms with E-state index in [4.69, 9.17) is 16.3 Å². The van der Waals surface area contributed by atoms with Crippen LogP contribution < -0.4 is 11.5 Å². The molecule has 0 aliphatic rings. The predicted molar refractivity (Wildman–Crippen MR) is 29.8 cm³/mol. The van der Waals surface area contributed by atoms with Gasteiger partial charge in [0.1, 0.15) is 6.29 Å². The second-order valence-electron chi connectivity index (χ2n) is 0.813. The van der Waals surface area contributed by atoms with Crippen LogP contribution in [-0.4, -0.2) is 19.4 Å². The molecule has 0 amide bonds. The van der Waals surface area contributed by atoms with Crippen LogP contribution in [0.2, 0.25) is 0 Å². The molecule has 4 N–H and O–H groups in total. The lowest BCUT2D eigenvalue weighted by Crippen LogP contribution is -2.11. The highest BCUT2D eigenvalue weighted by molar-refractivity contribution is 5.44. The van der Waals surface area contributed by atoms with Gasteiger partial charge in [-0.1, -0.05) is 0 Å². The summed E-state index contributed by atoms with van der Waals surface area (Å²) in [6.07, 6.45) is 0.750. The first kappa shape index (κ1) is 9.77. The van der Waals surface area contributed by atoms with Gasteiger partial charge in [0.05, 0.1) is 0 Å². The molecule has 0 saturated carbocycles. The number of rotatable bonds is 1. The molecule has 0 aliphatic carbocycles. The Balaban J connectivity index is 0. The van der Waals surface area contributed by atoms with Crippen LogP contribution in [0.15, 0.2) is 0 Å². The normalized spacial score (nSPS) is 6.14. The topological polar surface area (TPSA) is 69.1 Å².